The molecule has 2 aromatic rings. The summed E-state index contributed by atoms with van der Waals surface area (Å²) in [5.74, 6) is -2.13. The molecule has 0 unspecified atom stereocenters. The van der Waals surface area contributed by atoms with Crippen molar-refractivity contribution in [2.45, 2.75) is 0 Å². The van der Waals surface area contributed by atoms with Gasteiger partial charge in [-0.05, 0) is 12.1 Å². The zero-order chi connectivity index (χ0) is 11.5. The van der Waals surface area contributed by atoms with Gasteiger partial charge in [0.2, 0.25) is 5.95 Å². The number of amides is 1. The molecular weight excluding hydrogens is 216 g/mol. The molecule has 2 rings (SSSR count). The Bertz CT molecular complexity index is 511. The highest BCUT2D eigenvalue weighted by atomic mass is 19.1. The van der Waals surface area contributed by atoms with Gasteiger partial charge < -0.3 is 4.98 Å². The fourth-order valence-corrected chi connectivity index (χ4v) is 1.18. The third kappa shape index (κ3) is 2.05. The molecule has 0 radical (unpaired) electrons. The summed E-state index contributed by atoms with van der Waals surface area (Å²) in [6.07, 6.45) is 2.95. The largest absolute Gasteiger partial charge is 0.331 e. The van der Waals surface area contributed by atoms with Gasteiger partial charge in [-0.1, -0.05) is 0 Å². The number of nitrogens with one attached hydrogen (secondary N) is 2. The van der Waals surface area contributed by atoms with Crippen LogP contribution >= 0.6 is 0 Å². The molecule has 0 atom stereocenters. The van der Waals surface area contributed by atoms with E-state index in [0.29, 0.717) is 6.07 Å². The maximum atomic E-state index is 13.2. The topological polar surface area (TPSA) is 57.8 Å². The molecule has 0 bridgehead atoms. The fraction of sp³-hybridized carbons (Fsp3) is 0. The van der Waals surface area contributed by atoms with Gasteiger partial charge >= 0.3 is 0 Å². The standard InChI is InChI=1S/C10H7F2N3O/c11-6-1-2-7(8(12)5-6)9(16)15-10-13-3-4-14-10/h1-5H,(H2,13,14,15,16). The van der Waals surface area contributed by atoms with Crippen molar-refractivity contribution >= 4 is 11.9 Å². The van der Waals surface area contributed by atoms with Crippen LogP contribution in [0.2, 0.25) is 0 Å². The molecule has 1 heterocycles. The van der Waals surface area contributed by atoms with Crippen LogP contribution in [0.1, 0.15) is 10.4 Å². The number of hydrogen-bond donors (Lipinski definition) is 2. The molecule has 1 amide bonds. The third-order valence-electron chi connectivity index (χ3n) is 1.91. The molecular formula is C10H7F2N3O. The van der Waals surface area contributed by atoms with Crippen molar-refractivity contribution in [2.24, 2.45) is 0 Å². The number of anilines is 1. The number of carbonyl (C=O) groups excluding carboxylic acids is 1. The van der Waals surface area contributed by atoms with Crippen LogP contribution in [0.25, 0.3) is 0 Å². The molecule has 82 valence electrons. The van der Waals surface area contributed by atoms with E-state index < -0.39 is 17.5 Å². The van der Waals surface area contributed by atoms with Crippen molar-refractivity contribution in [3.8, 4) is 0 Å². The number of halogens is 2. The number of H-pyrrole nitrogens is 1. The molecule has 0 aliphatic carbocycles. The average molecular weight is 223 g/mol. The number of hydrogen-bond acceptors (Lipinski definition) is 2. The fourth-order valence-electron chi connectivity index (χ4n) is 1.18. The number of rotatable bonds is 2. The van der Waals surface area contributed by atoms with Gasteiger partial charge in [-0.25, -0.2) is 13.8 Å². The van der Waals surface area contributed by atoms with Crippen LogP contribution in [0.3, 0.4) is 0 Å². The minimum absolute atomic E-state index is 0.203. The van der Waals surface area contributed by atoms with Gasteiger partial charge in [0, 0.05) is 18.5 Å². The Hall–Kier alpha value is -2.24. The Balaban J connectivity index is 2.21. The highest BCUT2D eigenvalue weighted by Gasteiger charge is 2.13. The second kappa shape index (κ2) is 4.09. The van der Waals surface area contributed by atoms with E-state index in [4.69, 9.17) is 0 Å². The van der Waals surface area contributed by atoms with Crippen LogP contribution in [0.4, 0.5) is 14.7 Å². The minimum atomic E-state index is -0.913. The van der Waals surface area contributed by atoms with Crippen LogP contribution < -0.4 is 5.32 Å². The number of nitrogens with zero attached hydrogens (tertiary/aromatic N) is 1. The van der Waals surface area contributed by atoms with E-state index in [9.17, 15) is 13.6 Å². The zero-order valence-electron chi connectivity index (χ0n) is 8.00. The Morgan fingerprint density at radius 1 is 1.38 bits per heavy atom. The van der Waals surface area contributed by atoms with Gasteiger partial charge in [-0.15, -0.1) is 0 Å². The summed E-state index contributed by atoms with van der Waals surface area (Å²) in [5, 5.41) is 2.33. The molecule has 1 aromatic carbocycles. The van der Waals surface area contributed by atoms with Crippen LogP contribution in [0.5, 0.6) is 0 Å². The summed E-state index contributed by atoms with van der Waals surface area (Å²) in [6, 6.07) is 2.74. The van der Waals surface area contributed by atoms with Gasteiger partial charge in [-0.3, -0.25) is 10.1 Å². The van der Waals surface area contributed by atoms with Gasteiger partial charge in [0.05, 0.1) is 5.56 Å². The Kier molecular flexibility index (Phi) is 2.63. The van der Waals surface area contributed by atoms with E-state index in [-0.39, 0.29) is 11.5 Å². The Morgan fingerprint density at radius 3 is 2.81 bits per heavy atom. The van der Waals surface area contributed by atoms with Gasteiger partial charge in [-0.2, -0.15) is 0 Å². The number of benzene rings is 1. The van der Waals surface area contributed by atoms with Crippen molar-refractivity contribution in [3.05, 3.63) is 47.8 Å². The minimum Gasteiger partial charge on any atom is -0.331 e. The normalized spacial score (nSPS) is 10.1. The van der Waals surface area contributed by atoms with E-state index in [1.807, 2.05) is 0 Å². The van der Waals surface area contributed by atoms with Crippen LogP contribution in [-0.2, 0) is 0 Å². The van der Waals surface area contributed by atoms with E-state index in [1.54, 1.807) is 0 Å². The monoisotopic (exact) mass is 223 g/mol. The maximum absolute atomic E-state index is 13.2. The molecule has 0 aliphatic heterocycles. The molecule has 0 spiro atoms. The summed E-state index contributed by atoms with van der Waals surface area (Å²) in [5.41, 5.74) is -0.238. The predicted octanol–water partition coefficient (Wildman–Crippen LogP) is 1.94. The molecule has 0 aliphatic rings. The average Bonchev–Trinajstić information content (AvgIpc) is 2.70. The first-order chi connectivity index (χ1) is 7.66. The summed E-state index contributed by atoms with van der Waals surface area (Å²) >= 11 is 0. The van der Waals surface area contributed by atoms with Crippen molar-refractivity contribution in [2.75, 3.05) is 5.32 Å². The van der Waals surface area contributed by atoms with E-state index in [0.717, 1.165) is 12.1 Å². The first kappa shape index (κ1) is 10.3. The summed E-state index contributed by atoms with van der Waals surface area (Å²) in [6.45, 7) is 0. The van der Waals surface area contributed by atoms with E-state index in [1.165, 1.54) is 12.4 Å². The highest BCUT2D eigenvalue weighted by molar-refractivity contribution is 6.03. The molecule has 6 heteroatoms. The maximum Gasteiger partial charge on any atom is 0.260 e. The lowest BCUT2D eigenvalue weighted by molar-refractivity contribution is 0.102. The van der Waals surface area contributed by atoms with Crippen molar-refractivity contribution in [1.82, 2.24) is 9.97 Å². The van der Waals surface area contributed by atoms with Crippen molar-refractivity contribution in [3.63, 3.8) is 0 Å². The lowest BCUT2D eigenvalue weighted by Crippen LogP contribution is -2.14. The number of aromatic amines is 1. The lowest BCUT2D eigenvalue weighted by Gasteiger charge is -2.02. The van der Waals surface area contributed by atoms with Gasteiger partial charge in [0.25, 0.3) is 5.91 Å². The molecule has 0 fully saturated rings. The van der Waals surface area contributed by atoms with Crippen molar-refractivity contribution in [1.29, 1.82) is 0 Å². The number of carbonyl (C=O) groups is 1. The zero-order valence-corrected chi connectivity index (χ0v) is 8.00. The smallest absolute Gasteiger partial charge is 0.260 e. The van der Waals surface area contributed by atoms with Gasteiger partial charge in [0.15, 0.2) is 0 Å². The highest BCUT2D eigenvalue weighted by Crippen LogP contribution is 2.11. The van der Waals surface area contributed by atoms with Gasteiger partial charge in [0.1, 0.15) is 11.6 Å². The first-order valence-corrected chi connectivity index (χ1v) is 4.42. The predicted molar refractivity (Wildman–Crippen MR) is 52.9 cm³/mol. The summed E-state index contributed by atoms with van der Waals surface area (Å²) < 4.78 is 25.8. The molecule has 16 heavy (non-hydrogen) atoms. The molecule has 0 saturated carbocycles. The second-order valence-electron chi connectivity index (χ2n) is 3.02. The number of imidazole rings is 1. The van der Waals surface area contributed by atoms with Crippen molar-refractivity contribution < 1.29 is 13.6 Å². The Labute approximate surface area is 89.3 Å². The molecule has 1 aromatic heterocycles. The quantitative estimate of drug-likeness (QED) is 0.817. The Morgan fingerprint density at radius 2 is 2.19 bits per heavy atom. The van der Waals surface area contributed by atoms with Crippen LogP contribution in [-0.4, -0.2) is 15.9 Å². The van der Waals surface area contributed by atoms with E-state index >= 15 is 0 Å². The molecule has 2 N–H and O–H groups in total. The van der Waals surface area contributed by atoms with Crippen LogP contribution in [0.15, 0.2) is 30.6 Å². The number of aromatic nitrogens is 2. The summed E-state index contributed by atoms with van der Waals surface area (Å²) in [7, 11) is 0. The summed E-state index contributed by atoms with van der Waals surface area (Å²) in [4.78, 5) is 17.9. The van der Waals surface area contributed by atoms with E-state index in [2.05, 4.69) is 15.3 Å². The third-order valence-corrected chi connectivity index (χ3v) is 1.91. The second-order valence-corrected chi connectivity index (χ2v) is 3.02. The van der Waals surface area contributed by atoms with Crippen LogP contribution in [0, 0.1) is 11.6 Å². The molecule has 0 saturated heterocycles. The lowest BCUT2D eigenvalue weighted by atomic mass is 10.2. The first-order valence-electron chi connectivity index (χ1n) is 4.42. The SMILES string of the molecule is O=C(Nc1ncc[nH]1)c1ccc(F)cc1F. The molecule has 4 nitrogen and oxygen atoms in total.